The predicted molar refractivity (Wildman–Crippen MR) is 113 cm³/mol. The first-order chi connectivity index (χ1) is 13.7. The lowest BCUT2D eigenvalue weighted by Crippen LogP contribution is -2.24. The van der Waals surface area contributed by atoms with E-state index >= 15 is 0 Å². The second-order valence-electron chi connectivity index (χ2n) is 8.85. The molecule has 7 atom stereocenters. The highest BCUT2D eigenvalue weighted by molar-refractivity contribution is 7.93. The summed E-state index contributed by atoms with van der Waals surface area (Å²) in [5.74, 6) is -0.426. The van der Waals surface area contributed by atoms with Crippen LogP contribution in [0.15, 0.2) is 12.2 Å². The minimum atomic E-state index is -3.28. The average Bonchev–Trinajstić information content (AvgIpc) is 3.13. The molecule has 0 bridgehead atoms. The van der Waals surface area contributed by atoms with Crippen molar-refractivity contribution >= 4 is 15.8 Å². The largest absolute Gasteiger partial charge is 0.469 e. The summed E-state index contributed by atoms with van der Waals surface area (Å²) in [5.41, 5.74) is 0. The van der Waals surface area contributed by atoms with Crippen LogP contribution in [0.3, 0.4) is 0 Å². The van der Waals surface area contributed by atoms with Gasteiger partial charge in [-0.25, -0.2) is 8.42 Å². The Hall–Kier alpha value is -0.920. The summed E-state index contributed by atoms with van der Waals surface area (Å²) >= 11 is 0. The molecular weight excluding hydrogens is 392 g/mol. The zero-order valence-corrected chi connectivity index (χ0v) is 18.8. The van der Waals surface area contributed by atoms with Crippen molar-refractivity contribution in [1.29, 1.82) is 0 Å². The molecule has 2 N–H and O–H groups in total. The fourth-order valence-electron chi connectivity index (χ4n) is 4.90. The molecule has 168 valence electrons. The van der Waals surface area contributed by atoms with Crippen LogP contribution in [-0.4, -0.2) is 54.4 Å². The number of methoxy groups -OCH3 is 1. The number of carbonyl (C=O) groups is 1. The molecule has 0 amide bonds. The number of aliphatic hydroxyl groups excluding tert-OH is 2. The molecule has 7 heteroatoms. The maximum absolute atomic E-state index is 12.9. The minimum Gasteiger partial charge on any atom is -0.469 e. The van der Waals surface area contributed by atoms with Crippen LogP contribution in [0.25, 0.3) is 0 Å². The Kier molecular flexibility index (Phi) is 9.16. The Morgan fingerprint density at radius 2 is 1.97 bits per heavy atom. The number of hydrogen-bond donors (Lipinski definition) is 2. The molecule has 1 saturated heterocycles. The van der Waals surface area contributed by atoms with Gasteiger partial charge in [0.2, 0.25) is 0 Å². The third-order valence-electron chi connectivity index (χ3n) is 6.82. The molecule has 2 fully saturated rings. The molecule has 1 aliphatic carbocycles. The van der Waals surface area contributed by atoms with Crippen LogP contribution in [0.1, 0.15) is 71.6 Å². The van der Waals surface area contributed by atoms with Crippen LogP contribution >= 0.6 is 0 Å². The predicted octanol–water partition coefficient (Wildman–Crippen LogP) is 3.02. The number of aliphatic hydroxyl groups is 2. The summed E-state index contributed by atoms with van der Waals surface area (Å²) in [4.78, 5) is 11.2. The number of sulfone groups is 1. The molecule has 2 rings (SSSR count). The minimum absolute atomic E-state index is 0.0880. The number of ether oxygens (including phenoxy) is 1. The van der Waals surface area contributed by atoms with Gasteiger partial charge in [0.15, 0.2) is 9.84 Å². The zero-order chi connectivity index (χ0) is 21.6. The lowest BCUT2D eigenvalue weighted by Gasteiger charge is -2.20. The first-order valence-corrected chi connectivity index (χ1v) is 12.7. The van der Waals surface area contributed by atoms with E-state index in [1.165, 1.54) is 7.11 Å². The molecule has 1 saturated carbocycles. The Morgan fingerprint density at radius 1 is 1.24 bits per heavy atom. The van der Waals surface area contributed by atoms with Crippen molar-refractivity contribution in [3.05, 3.63) is 12.2 Å². The van der Waals surface area contributed by atoms with Crippen molar-refractivity contribution in [2.75, 3.05) is 7.11 Å². The summed E-state index contributed by atoms with van der Waals surface area (Å²) in [6.07, 6.45) is 8.48. The first kappa shape index (κ1) is 24.4. The van der Waals surface area contributed by atoms with Crippen molar-refractivity contribution in [3.8, 4) is 0 Å². The van der Waals surface area contributed by atoms with E-state index < -0.39 is 32.5 Å². The van der Waals surface area contributed by atoms with Crippen molar-refractivity contribution in [2.24, 2.45) is 17.8 Å². The molecule has 1 aliphatic heterocycles. The van der Waals surface area contributed by atoms with E-state index in [2.05, 4.69) is 11.7 Å². The molecule has 1 heterocycles. The SMILES string of the molecule is CCCC[C@@H](C)[C@H](O)/C=C/[C@@H]1[C@H]2CC(CCCCC(=O)OC)S(=O)(=O)[C@@H]2C[C@H]1O. The van der Waals surface area contributed by atoms with Gasteiger partial charge >= 0.3 is 5.97 Å². The van der Waals surface area contributed by atoms with E-state index in [4.69, 9.17) is 0 Å². The molecule has 0 spiro atoms. The monoisotopic (exact) mass is 430 g/mol. The Labute approximate surface area is 175 Å². The fraction of sp³-hybridized carbons (Fsp3) is 0.864. The van der Waals surface area contributed by atoms with Gasteiger partial charge in [-0.05, 0) is 43.9 Å². The molecule has 0 aromatic heterocycles. The molecule has 0 aromatic carbocycles. The van der Waals surface area contributed by atoms with Crippen molar-refractivity contribution in [3.63, 3.8) is 0 Å². The summed E-state index contributed by atoms with van der Waals surface area (Å²) in [5, 5.41) is 19.9. The van der Waals surface area contributed by atoms with Gasteiger partial charge in [-0.3, -0.25) is 4.79 Å². The number of unbranched alkanes of at least 4 members (excludes halogenated alkanes) is 2. The molecule has 0 aromatic rings. The second-order valence-corrected chi connectivity index (χ2v) is 11.3. The summed E-state index contributed by atoms with van der Waals surface area (Å²) < 4.78 is 30.5. The topological polar surface area (TPSA) is 101 Å². The lowest BCUT2D eigenvalue weighted by molar-refractivity contribution is -0.140. The van der Waals surface area contributed by atoms with Gasteiger partial charge in [0.05, 0.1) is 29.8 Å². The van der Waals surface area contributed by atoms with Crippen LogP contribution < -0.4 is 0 Å². The Balaban J connectivity index is 1.95. The summed E-state index contributed by atoms with van der Waals surface area (Å²) in [7, 11) is -1.92. The quantitative estimate of drug-likeness (QED) is 0.297. The highest BCUT2D eigenvalue weighted by atomic mass is 32.2. The number of rotatable bonds is 11. The highest BCUT2D eigenvalue weighted by Gasteiger charge is 2.55. The van der Waals surface area contributed by atoms with Gasteiger partial charge in [-0.2, -0.15) is 0 Å². The van der Waals surface area contributed by atoms with Gasteiger partial charge in [-0.1, -0.05) is 45.3 Å². The van der Waals surface area contributed by atoms with E-state index in [1.807, 2.05) is 13.0 Å². The van der Waals surface area contributed by atoms with E-state index in [9.17, 15) is 23.4 Å². The Bertz CT molecular complexity index is 658. The maximum atomic E-state index is 12.9. The van der Waals surface area contributed by atoms with Crippen LogP contribution in [0.2, 0.25) is 0 Å². The van der Waals surface area contributed by atoms with E-state index in [-0.39, 0.29) is 30.1 Å². The first-order valence-electron chi connectivity index (χ1n) is 11.1. The third-order valence-corrected chi connectivity index (χ3v) is 9.57. The van der Waals surface area contributed by atoms with Gasteiger partial charge in [0, 0.05) is 12.3 Å². The Morgan fingerprint density at radius 3 is 2.62 bits per heavy atom. The number of esters is 1. The van der Waals surface area contributed by atoms with E-state index in [1.54, 1.807) is 6.08 Å². The zero-order valence-electron chi connectivity index (χ0n) is 18.0. The smallest absolute Gasteiger partial charge is 0.305 e. The molecule has 0 radical (unpaired) electrons. The maximum Gasteiger partial charge on any atom is 0.305 e. The number of hydrogen-bond acceptors (Lipinski definition) is 6. The fourth-order valence-corrected chi connectivity index (χ4v) is 7.63. The van der Waals surface area contributed by atoms with Gasteiger partial charge < -0.3 is 14.9 Å². The van der Waals surface area contributed by atoms with Crippen LogP contribution in [0.4, 0.5) is 0 Å². The number of carbonyl (C=O) groups excluding carboxylic acids is 1. The normalized spacial score (nSPS) is 32.9. The third kappa shape index (κ3) is 6.05. The summed E-state index contributed by atoms with van der Waals surface area (Å²) in [6.45, 7) is 4.14. The van der Waals surface area contributed by atoms with Crippen LogP contribution in [-0.2, 0) is 19.4 Å². The van der Waals surface area contributed by atoms with Gasteiger partial charge in [0.1, 0.15) is 0 Å². The van der Waals surface area contributed by atoms with Gasteiger partial charge in [-0.15, -0.1) is 0 Å². The van der Waals surface area contributed by atoms with Crippen molar-refractivity contribution in [2.45, 2.75) is 94.3 Å². The van der Waals surface area contributed by atoms with E-state index in [0.717, 1.165) is 19.3 Å². The van der Waals surface area contributed by atoms with E-state index in [0.29, 0.717) is 32.1 Å². The second kappa shape index (κ2) is 10.9. The number of fused-ring (bicyclic) bond motifs is 1. The van der Waals surface area contributed by atoms with Crippen LogP contribution in [0, 0.1) is 17.8 Å². The van der Waals surface area contributed by atoms with Crippen molar-refractivity contribution < 1.29 is 28.2 Å². The standard InChI is InChI=1S/C22H38O6S/c1-4-5-8-15(2)19(23)12-11-17-18-13-16(9-6-7-10-22(25)28-3)29(26,27)21(18)14-20(17)24/h11-12,15-21,23-24H,4-10,13-14H2,1-3H3/b12-11+/t15-,16?,17-,18-,19-,20-,21-/m1/s1. The lowest BCUT2D eigenvalue weighted by atomic mass is 9.88. The molecule has 2 aliphatic rings. The molecular formula is C22H38O6S. The molecule has 29 heavy (non-hydrogen) atoms. The van der Waals surface area contributed by atoms with Crippen LogP contribution in [0.5, 0.6) is 0 Å². The average molecular weight is 431 g/mol. The summed E-state index contributed by atoms with van der Waals surface area (Å²) in [6, 6.07) is 0. The highest BCUT2D eigenvalue weighted by Crippen LogP contribution is 2.48. The van der Waals surface area contributed by atoms with Crippen molar-refractivity contribution in [1.82, 2.24) is 0 Å². The van der Waals surface area contributed by atoms with Gasteiger partial charge in [0.25, 0.3) is 0 Å². The molecule has 6 nitrogen and oxygen atoms in total. The molecule has 1 unspecified atom stereocenters.